The monoisotopic (exact) mass is 538 g/mol. The molecule has 9 heteroatoms. The van der Waals surface area contributed by atoms with Crippen molar-refractivity contribution < 1.29 is 37.4 Å². The van der Waals surface area contributed by atoms with Crippen LogP contribution in [0.5, 0.6) is 0 Å². The number of para-hydroxylation sites is 2. The first-order valence-electron chi connectivity index (χ1n) is 8.45. The Kier molecular flexibility index (Phi) is 8.02. The second-order valence-electron chi connectivity index (χ2n) is 6.39. The van der Waals surface area contributed by atoms with Crippen LogP contribution in [0.2, 0.25) is 0 Å². The van der Waals surface area contributed by atoms with Crippen LogP contribution in [0.3, 0.4) is 0 Å². The number of hydrogen-bond donors (Lipinski definition) is 0. The molecule has 0 amide bonds. The molecule has 0 unspecified atom stereocenters. The Morgan fingerprint density at radius 3 is 1.56 bits per heavy atom. The number of benzene rings is 2. The number of hydrogen-bond acceptors (Lipinski definition) is 2. The van der Waals surface area contributed by atoms with E-state index in [-0.39, 0.29) is 60.2 Å². The topological polar surface area (TPSA) is 65.0 Å². The van der Waals surface area contributed by atoms with Crippen LogP contribution in [0.4, 0.5) is 0 Å². The molecule has 1 saturated carbocycles. The first kappa shape index (κ1) is 22.5. The number of nitrogens with zero attached hydrogens (tertiary/aromatic N) is 4. The van der Waals surface area contributed by atoms with Gasteiger partial charge in [0.05, 0.1) is 0 Å². The number of halogens is 2. The van der Waals surface area contributed by atoms with E-state index in [1.54, 1.807) is 0 Å². The van der Waals surface area contributed by atoms with Crippen LogP contribution < -0.4 is 31.9 Å². The summed E-state index contributed by atoms with van der Waals surface area (Å²) in [7, 11) is 0. The van der Waals surface area contributed by atoms with E-state index in [0.717, 1.165) is 0 Å². The van der Waals surface area contributed by atoms with E-state index in [4.69, 9.17) is 7.96 Å². The third-order valence-corrected chi connectivity index (χ3v) is 8.86. The Morgan fingerprint density at radius 2 is 1.11 bits per heavy atom. The van der Waals surface area contributed by atoms with Crippen LogP contribution in [0.1, 0.15) is 37.8 Å². The predicted molar refractivity (Wildman–Crippen MR) is 97.9 cm³/mol. The average Bonchev–Trinajstić information content (AvgIpc) is 3.26. The van der Waals surface area contributed by atoms with Crippen molar-refractivity contribution in [2.24, 2.45) is 0 Å². The standard InChI is InChI=1S/C18H18N4Se2.2ClH.H2O/c1-3-9-15-13(7-1)19-23-21(15)17-11-5-6-12-18(17)22-16-10-4-2-8-14(16)20-24-22;;;/h1-4,7-10,17-18H,5-6,11-12H2;2*1H;1H2/q+2;;;/p-2/t17-,18-;;;/m1.../s1. The minimum atomic E-state index is 0. The van der Waals surface area contributed by atoms with Gasteiger partial charge in [-0.25, -0.2) is 0 Å². The molecule has 0 saturated heterocycles. The Morgan fingerprint density at radius 1 is 0.704 bits per heavy atom. The molecular weight excluding hydrogens is 517 g/mol. The minimum absolute atomic E-state index is 0. The third-order valence-electron chi connectivity index (χ3n) is 4.99. The zero-order valence-corrected chi connectivity index (χ0v) is 19.4. The molecule has 0 aliphatic heterocycles. The molecular formula is C18H20Cl2N4OSe2. The van der Waals surface area contributed by atoms with E-state index in [2.05, 4.69) is 55.7 Å². The fourth-order valence-electron chi connectivity index (χ4n) is 3.84. The van der Waals surface area contributed by atoms with Gasteiger partial charge < -0.3 is 30.3 Å². The Bertz CT molecular complexity index is 941. The molecule has 5 nitrogen and oxygen atoms in total. The van der Waals surface area contributed by atoms with Crippen LogP contribution in [-0.4, -0.2) is 43.4 Å². The van der Waals surface area contributed by atoms with Gasteiger partial charge in [-0.15, -0.1) is 0 Å². The second kappa shape index (κ2) is 9.62. The van der Waals surface area contributed by atoms with Crippen molar-refractivity contribution in [3.05, 3.63) is 48.5 Å². The number of fused-ring (bicyclic) bond motifs is 2. The van der Waals surface area contributed by atoms with Crippen molar-refractivity contribution in [3.63, 3.8) is 0 Å². The van der Waals surface area contributed by atoms with Crippen molar-refractivity contribution in [3.8, 4) is 0 Å². The van der Waals surface area contributed by atoms with Crippen LogP contribution in [0.25, 0.3) is 22.1 Å². The molecule has 4 aromatic rings. The van der Waals surface area contributed by atoms with Crippen LogP contribution in [0, 0.1) is 0 Å². The van der Waals surface area contributed by atoms with Crippen molar-refractivity contribution >= 4 is 52.0 Å². The van der Waals surface area contributed by atoms with Gasteiger partial charge in [-0.05, 0) is 0 Å². The van der Waals surface area contributed by atoms with Crippen molar-refractivity contribution in [1.82, 2.24) is 7.96 Å². The molecule has 0 spiro atoms. The van der Waals surface area contributed by atoms with Gasteiger partial charge in [0.2, 0.25) is 0 Å². The fraction of sp³-hybridized carbons (Fsp3) is 0.333. The van der Waals surface area contributed by atoms with Gasteiger partial charge in [-0.3, -0.25) is 0 Å². The molecule has 2 aromatic carbocycles. The molecule has 1 aliphatic carbocycles. The first-order chi connectivity index (χ1) is 11.9. The molecule has 2 aromatic heterocycles. The molecule has 1 aliphatic rings. The molecule has 0 bridgehead atoms. The van der Waals surface area contributed by atoms with Crippen molar-refractivity contribution in [2.45, 2.75) is 37.8 Å². The maximum absolute atomic E-state index is 4.81. The van der Waals surface area contributed by atoms with Gasteiger partial charge in [0.15, 0.2) is 0 Å². The van der Waals surface area contributed by atoms with Crippen molar-refractivity contribution in [2.75, 3.05) is 0 Å². The summed E-state index contributed by atoms with van der Waals surface area (Å²) < 4.78 is 14.8. The van der Waals surface area contributed by atoms with Gasteiger partial charge in [0, 0.05) is 0 Å². The average molecular weight is 537 g/mol. The summed E-state index contributed by atoms with van der Waals surface area (Å²) >= 11 is 0.376. The summed E-state index contributed by atoms with van der Waals surface area (Å²) in [6.07, 6.45) is 5.20. The van der Waals surface area contributed by atoms with E-state index in [9.17, 15) is 0 Å². The Balaban J connectivity index is 0.000000871. The van der Waals surface area contributed by atoms with E-state index in [0.29, 0.717) is 12.1 Å². The molecule has 2 N–H and O–H groups in total. The Labute approximate surface area is 183 Å². The quantitative estimate of drug-likeness (QED) is 0.241. The summed E-state index contributed by atoms with van der Waals surface area (Å²) in [5, 5.41) is 0. The zero-order chi connectivity index (χ0) is 15.9. The normalized spacial score (nSPS) is 19.1. The molecule has 2 atom stereocenters. The first-order valence-corrected chi connectivity index (χ1v) is 11.5. The molecule has 2 heterocycles. The molecule has 5 rings (SSSR count). The number of rotatable bonds is 2. The van der Waals surface area contributed by atoms with E-state index >= 15 is 0 Å². The van der Waals surface area contributed by atoms with Gasteiger partial charge >= 0.3 is 153 Å². The fourth-order valence-corrected chi connectivity index (χ4v) is 7.78. The molecule has 0 radical (unpaired) electrons. The summed E-state index contributed by atoms with van der Waals surface area (Å²) in [5.74, 6) is 0. The zero-order valence-electron chi connectivity index (χ0n) is 14.5. The van der Waals surface area contributed by atoms with Crippen molar-refractivity contribution in [1.29, 1.82) is 0 Å². The third kappa shape index (κ3) is 4.01. The van der Waals surface area contributed by atoms with E-state index in [1.165, 1.54) is 47.8 Å². The molecule has 1 fully saturated rings. The van der Waals surface area contributed by atoms with Crippen LogP contribution in [-0.2, 0) is 0 Å². The SMILES string of the molecule is O.[Cl-].[Cl-].c1ccc2c(c1)n[se][n+]2[C@@H]1CCCC[C@H]1[n+]1[se]nc2ccccc21. The summed E-state index contributed by atoms with van der Waals surface area (Å²) in [5.41, 5.74) is 5.04. The molecule has 27 heavy (non-hydrogen) atoms. The van der Waals surface area contributed by atoms with Crippen LogP contribution in [0.15, 0.2) is 48.5 Å². The summed E-state index contributed by atoms with van der Waals surface area (Å²) in [6, 6.07) is 18.4. The summed E-state index contributed by atoms with van der Waals surface area (Å²) in [6.45, 7) is 0. The van der Waals surface area contributed by atoms with Gasteiger partial charge in [-0.1, -0.05) is 0 Å². The van der Waals surface area contributed by atoms with E-state index in [1.807, 2.05) is 0 Å². The maximum atomic E-state index is 4.81. The van der Waals surface area contributed by atoms with Gasteiger partial charge in [0.1, 0.15) is 0 Å². The number of aromatic nitrogens is 4. The van der Waals surface area contributed by atoms with Crippen LogP contribution >= 0.6 is 0 Å². The second-order valence-corrected chi connectivity index (χ2v) is 9.50. The van der Waals surface area contributed by atoms with E-state index < -0.39 is 0 Å². The summed E-state index contributed by atoms with van der Waals surface area (Å²) in [4.78, 5) is 0. The predicted octanol–water partition coefficient (Wildman–Crippen LogP) is -4.99. The van der Waals surface area contributed by atoms with Gasteiger partial charge in [0.25, 0.3) is 0 Å². The molecule has 144 valence electrons. The Hall–Kier alpha value is -0.781. The van der Waals surface area contributed by atoms with Gasteiger partial charge in [-0.2, -0.15) is 0 Å².